The number of nitrogens with one attached hydrogen (secondary N) is 1. The van der Waals surface area contributed by atoms with Crippen LogP contribution in [0.1, 0.15) is 41.5 Å². The highest BCUT2D eigenvalue weighted by Crippen LogP contribution is 2.31. The second-order valence-electron chi connectivity index (χ2n) is 6.14. The van der Waals surface area contributed by atoms with E-state index >= 15 is 0 Å². The monoisotopic (exact) mass is 275 g/mol. The molecule has 2 N–H and O–H groups in total. The third-order valence-electron chi connectivity index (χ3n) is 4.52. The highest BCUT2D eigenvalue weighted by molar-refractivity contribution is 5.70. The smallest absolute Gasteiger partial charge is 0.306 e. The van der Waals surface area contributed by atoms with E-state index in [4.69, 9.17) is 0 Å². The number of aliphatic carboxylic acids is 1. The van der Waals surface area contributed by atoms with Crippen LogP contribution in [0.3, 0.4) is 0 Å². The lowest BCUT2D eigenvalue weighted by molar-refractivity contribution is -0.142. The Hall–Kier alpha value is -1.35. The molecule has 0 radical (unpaired) electrons. The lowest BCUT2D eigenvalue weighted by Crippen LogP contribution is -2.29. The summed E-state index contributed by atoms with van der Waals surface area (Å²) in [4.78, 5) is 11.2. The summed E-state index contributed by atoms with van der Waals surface area (Å²) in [6.45, 7) is 8.05. The Kier molecular flexibility index (Phi) is 4.81. The van der Waals surface area contributed by atoms with Gasteiger partial charge in [-0.25, -0.2) is 0 Å². The fourth-order valence-corrected chi connectivity index (χ4v) is 3.48. The fraction of sp³-hybridized carbons (Fsp3) is 0.588. The van der Waals surface area contributed by atoms with Gasteiger partial charge in [0.1, 0.15) is 0 Å². The third kappa shape index (κ3) is 3.40. The molecule has 1 aromatic rings. The normalized spacial score (nSPS) is 22.1. The number of carboxylic acid groups (broad SMARTS) is 1. The van der Waals surface area contributed by atoms with E-state index in [0.717, 1.165) is 32.4 Å². The van der Waals surface area contributed by atoms with Gasteiger partial charge in [0.25, 0.3) is 0 Å². The number of carbonyl (C=O) groups is 1. The molecule has 2 rings (SSSR count). The predicted octanol–water partition coefficient (Wildman–Crippen LogP) is 3.20. The third-order valence-corrected chi connectivity index (χ3v) is 4.52. The lowest BCUT2D eigenvalue weighted by atomic mass is 9.95. The van der Waals surface area contributed by atoms with Crippen molar-refractivity contribution in [2.24, 2.45) is 11.8 Å². The summed E-state index contributed by atoms with van der Waals surface area (Å²) in [5.41, 5.74) is 5.28. The highest BCUT2D eigenvalue weighted by Gasteiger charge is 2.32. The van der Waals surface area contributed by atoms with E-state index in [0.29, 0.717) is 5.92 Å². The second-order valence-corrected chi connectivity index (χ2v) is 6.14. The van der Waals surface area contributed by atoms with E-state index in [2.05, 4.69) is 38.2 Å². The zero-order valence-corrected chi connectivity index (χ0v) is 12.7. The topological polar surface area (TPSA) is 49.3 Å². The van der Waals surface area contributed by atoms with Crippen molar-refractivity contribution in [1.82, 2.24) is 5.32 Å². The van der Waals surface area contributed by atoms with Gasteiger partial charge < -0.3 is 10.4 Å². The Morgan fingerprint density at radius 2 is 1.90 bits per heavy atom. The molecule has 1 saturated carbocycles. The fourth-order valence-electron chi connectivity index (χ4n) is 3.48. The number of hydrogen-bond acceptors (Lipinski definition) is 2. The molecule has 3 nitrogen and oxygen atoms in total. The van der Waals surface area contributed by atoms with Crippen LogP contribution in [0.5, 0.6) is 0 Å². The number of benzene rings is 1. The quantitative estimate of drug-likeness (QED) is 0.867. The Labute approximate surface area is 121 Å². The predicted molar refractivity (Wildman–Crippen MR) is 80.8 cm³/mol. The van der Waals surface area contributed by atoms with Crippen molar-refractivity contribution in [2.75, 3.05) is 6.54 Å². The summed E-state index contributed by atoms with van der Waals surface area (Å²) in [6, 6.07) is 4.42. The molecule has 0 aliphatic heterocycles. The van der Waals surface area contributed by atoms with Crippen LogP contribution in [0.4, 0.5) is 0 Å². The van der Waals surface area contributed by atoms with Crippen molar-refractivity contribution in [1.29, 1.82) is 0 Å². The first-order valence-corrected chi connectivity index (χ1v) is 7.49. The number of carboxylic acids is 1. The van der Waals surface area contributed by atoms with Crippen molar-refractivity contribution >= 4 is 5.97 Å². The molecular weight excluding hydrogens is 250 g/mol. The molecule has 0 heterocycles. The minimum Gasteiger partial charge on any atom is -0.481 e. The Balaban J connectivity index is 1.92. The van der Waals surface area contributed by atoms with E-state index in [1.54, 1.807) is 0 Å². The molecule has 110 valence electrons. The molecule has 20 heavy (non-hydrogen) atoms. The number of rotatable bonds is 5. The summed E-state index contributed by atoms with van der Waals surface area (Å²) in [6.07, 6.45) is 2.92. The molecular formula is C17H25NO2. The first-order chi connectivity index (χ1) is 9.49. The van der Waals surface area contributed by atoms with Gasteiger partial charge in [0.05, 0.1) is 5.92 Å². The number of aryl methyl sites for hydroxylation is 3. The molecule has 0 aromatic heterocycles. The molecule has 1 aliphatic rings. The van der Waals surface area contributed by atoms with E-state index in [9.17, 15) is 9.90 Å². The van der Waals surface area contributed by atoms with Gasteiger partial charge in [-0.2, -0.15) is 0 Å². The second kappa shape index (κ2) is 6.40. The van der Waals surface area contributed by atoms with Crippen LogP contribution in [0.15, 0.2) is 12.1 Å². The van der Waals surface area contributed by atoms with Gasteiger partial charge in [0.15, 0.2) is 0 Å². The summed E-state index contributed by atoms with van der Waals surface area (Å²) >= 11 is 0. The maximum absolute atomic E-state index is 11.2. The van der Waals surface area contributed by atoms with E-state index in [1.807, 2.05) is 0 Å². The maximum Gasteiger partial charge on any atom is 0.306 e. The molecule has 1 aromatic carbocycles. The van der Waals surface area contributed by atoms with Crippen molar-refractivity contribution in [2.45, 2.75) is 46.6 Å². The summed E-state index contributed by atoms with van der Waals surface area (Å²) in [7, 11) is 0. The molecule has 0 bridgehead atoms. The molecule has 1 fully saturated rings. The molecule has 1 aliphatic carbocycles. The molecule has 3 heteroatoms. The minimum atomic E-state index is -0.628. The van der Waals surface area contributed by atoms with Crippen LogP contribution < -0.4 is 5.32 Å². The van der Waals surface area contributed by atoms with Crippen LogP contribution >= 0.6 is 0 Å². The summed E-state index contributed by atoms with van der Waals surface area (Å²) in [5.74, 6) is -0.488. The van der Waals surface area contributed by atoms with Gasteiger partial charge in [0.2, 0.25) is 0 Å². The first kappa shape index (κ1) is 15.0. The highest BCUT2D eigenvalue weighted by atomic mass is 16.4. The van der Waals surface area contributed by atoms with Gasteiger partial charge in [-0.15, -0.1) is 0 Å². The SMILES string of the molecule is Cc1cc(C)c(CNCC2CCCC2C(=O)O)c(C)c1. The van der Waals surface area contributed by atoms with Crippen LogP contribution in [-0.2, 0) is 11.3 Å². The van der Waals surface area contributed by atoms with Crippen molar-refractivity contribution in [3.05, 3.63) is 34.4 Å². The van der Waals surface area contributed by atoms with Crippen molar-refractivity contribution in [3.8, 4) is 0 Å². The molecule has 2 unspecified atom stereocenters. The molecule has 0 spiro atoms. The van der Waals surface area contributed by atoms with E-state index in [-0.39, 0.29) is 5.92 Å². The van der Waals surface area contributed by atoms with Gasteiger partial charge in [-0.3, -0.25) is 4.79 Å². The lowest BCUT2D eigenvalue weighted by Gasteiger charge is -2.18. The van der Waals surface area contributed by atoms with Crippen LogP contribution in [-0.4, -0.2) is 17.6 Å². The van der Waals surface area contributed by atoms with Gasteiger partial charge in [-0.05, 0) is 62.8 Å². The summed E-state index contributed by atoms with van der Waals surface area (Å²) in [5, 5.41) is 12.7. The van der Waals surface area contributed by atoms with E-state index < -0.39 is 5.97 Å². The van der Waals surface area contributed by atoms with Crippen LogP contribution in [0.25, 0.3) is 0 Å². The zero-order chi connectivity index (χ0) is 14.7. The van der Waals surface area contributed by atoms with Crippen molar-refractivity contribution < 1.29 is 9.90 Å². The Morgan fingerprint density at radius 1 is 1.25 bits per heavy atom. The van der Waals surface area contributed by atoms with Gasteiger partial charge >= 0.3 is 5.97 Å². The van der Waals surface area contributed by atoms with Gasteiger partial charge in [0, 0.05) is 6.54 Å². The Bertz CT molecular complexity index is 473. The average Bonchev–Trinajstić information content (AvgIpc) is 2.80. The standard InChI is InChI=1S/C17H25NO2/c1-11-7-12(2)16(13(3)8-11)10-18-9-14-5-4-6-15(14)17(19)20/h7-8,14-15,18H,4-6,9-10H2,1-3H3,(H,19,20). The largest absolute Gasteiger partial charge is 0.481 e. The van der Waals surface area contributed by atoms with Gasteiger partial charge in [-0.1, -0.05) is 24.1 Å². The minimum absolute atomic E-state index is 0.150. The summed E-state index contributed by atoms with van der Waals surface area (Å²) < 4.78 is 0. The first-order valence-electron chi connectivity index (χ1n) is 7.49. The van der Waals surface area contributed by atoms with Crippen LogP contribution in [0, 0.1) is 32.6 Å². The van der Waals surface area contributed by atoms with Crippen molar-refractivity contribution in [3.63, 3.8) is 0 Å². The van der Waals surface area contributed by atoms with Crippen LogP contribution in [0.2, 0.25) is 0 Å². The molecule has 2 atom stereocenters. The maximum atomic E-state index is 11.2. The average molecular weight is 275 g/mol. The zero-order valence-electron chi connectivity index (χ0n) is 12.7. The van der Waals surface area contributed by atoms with E-state index in [1.165, 1.54) is 22.3 Å². The Morgan fingerprint density at radius 3 is 2.50 bits per heavy atom. The molecule has 0 amide bonds. The molecule has 0 saturated heterocycles. The number of hydrogen-bond donors (Lipinski definition) is 2.